The molecule has 0 amide bonds. The molecule has 6 heteroatoms. The zero-order valence-corrected chi connectivity index (χ0v) is 16.2. The summed E-state index contributed by atoms with van der Waals surface area (Å²) >= 11 is 0. The van der Waals surface area contributed by atoms with Crippen LogP contribution in [-0.2, 0) is 0 Å². The molecule has 0 bridgehead atoms. The number of nitrogens with zero attached hydrogens (tertiary/aromatic N) is 2. The van der Waals surface area contributed by atoms with Crippen molar-refractivity contribution < 1.29 is 9.13 Å². The van der Waals surface area contributed by atoms with Crippen molar-refractivity contribution in [2.75, 3.05) is 19.6 Å². The van der Waals surface area contributed by atoms with Gasteiger partial charge in [0.1, 0.15) is 6.10 Å². The Morgan fingerprint density at radius 2 is 2.04 bits per heavy atom. The van der Waals surface area contributed by atoms with Gasteiger partial charge < -0.3 is 15.4 Å². The summed E-state index contributed by atoms with van der Waals surface area (Å²) in [5.74, 6) is 1.26. The molecular formula is C17H27FIN3O. The first kappa shape index (κ1) is 20.0. The zero-order valence-electron chi connectivity index (χ0n) is 13.9. The number of benzene rings is 1. The van der Waals surface area contributed by atoms with Gasteiger partial charge in [-0.1, -0.05) is 26.0 Å². The molecule has 0 radical (unpaired) electrons. The van der Waals surface area contributed by atoms with Gasteiger partial charge in [0.25, 0.3) is 0 Å². The molecule has 1 aromatic carbocycles. The Balaban J connectivity index is 0.00000264. The first-order chi connectivity index (χ1) is 10.6. The number of hydrogen-bond acceptors (Lipinski definition) is 2. The number of aliphatic imine (C=N–C) groups is 1. The van der Waals surface area contributed by atoms with Crippen molar-refractivity contribution in [3.8, 4) is 5.75 Å². The summed E-state index contributed by atoms with van der Waals surface area (Å²) in [6.45, 7) is 6.63. The molecule has 1 aromatic rings. The largest absolute Gasteiger partial charge is 0.485 e. The number of nitrogens with two attached hydrogens (primary N) is 1. The number of ether oxygens (including phenoxy) is 1. The number of rotatable bonds is 5. The van der Waals surface area contributed by atoms with E-state index in [1.165, 1.54) is 6.07 Å². The lowest BCUT2D eigenvalue weighted by atomic mass is 10.00. The molecule has 0 aromatic heterocycles. The molecule has 1 fully saturated rings. The summed E-state index contributed by atoms with van der Waals surface area (Å²) in [5.41, 5.74) is 6.07. The fourth-order valence-corrected chi connectivity index (χ4v) is 2.50. The van der Waals surface area contributed by atoms with Crippen molar-refractivity contribution in [1.29, 1.82) is 0 Å². The maximum Gasteiger partial charge on any atom is 0.191 e. The standard InChI is InChI=1S/C17H26FN3O.HI/c1-3-14(22-16-7-5-4-6-15(16)18)12-20-17(19)21-10-8-13(2)9-11-21;/h4-7,13-14H,3,8-12H2,1-2H3,(H2,19,20);1H. The van der Waals surface area contributed by atoms with E-state index in [9.17, 15) is 4.39 Å². The minimum absolute atomic E-state index is 0. The van der Waals surface area contributed by atoms with Crippen molar-refractivity contribution in [1.82, 2.24) is 4.90 Å². The van der Waals surface area contributed by atoms with Crippen LogP contribution in [0.5, 0.6) is 5.75 Å². The van der Waals surface area contributed by atoms with Crippen molar-refractivity contribution in [3.63, 3.8) is 0 Å². The predicted molar refractivity (Wildman–Crippen MR) is 103 cm³/mol. The molecule has 0 saturated carbocycles. The van der Waals surface area contributed by atoms with Crippen LogP contribution >= 0.6 is 24.0 Å². The number of likely N-dealkylation sites (tertiary alicyclic amines) is 1. The molecule has 0 aliphatic carbocycles. The summed E-state index contributed by atoms with van der Waals surface area (Å²) in [6.07, 6.45) is 2.89. The van der Waals surface area contributed by atoms with Crippen LogP contribution in [0.4, 0.5) is 4.39 Å². The summed E-state index contributed by atoms with van der Waals surface area (Å²) in [5, 5.41) is 0. The number of piperidine rings is 1. The van der Waals surface area contributed by atoms with Crippen molar-refractivity contribution >= 4 is 29.9 Å². The highest BCUT2D eigenvalue weighted by Crippen LogP contribution is 2.18. The van der Waals surface area contributed by atoms with Crippen LogP contribution in [0.2, 0.25) is 0 Å². The molecule has 1 aliphatic heterocycles. The summed E-state index contributed by atoms with van der Waals surface area (Å²) in [6, 6.07) is 6.44. The number of para-hydroxylation sites is 1. The van der Waals surface area contributed by atoms with Crippen LogP contribution in [0.3, 0.4) is 0 Å². The predicted octanol–water partition coefficient (Wildman–Crippen LogP) is 3.65. The van der Waals surface area contributed by atoms with E-state index in [-0.39, 0.29) is 41.6 Å². The summed E-state index contributed by atoms with van der Waals surface area (Å²) < 4.78 is 19.3. The number of halogens is 2. The lowest BCUT2D eigenvalue weighted by Gasteiger charge is -2.31. The van der Waals surface area contributed by atoms with Gasteiger partial charge in [-0.2, -0.15) is 0 Å². The number of guanidine groups is 1. The lowest BCUT2D eigenvalue weighted by molar-refractivity contribution is 0.195. The highest BCUT2D eigenvalue weighted by molar-refractivity contribution is 14.0. The van der Waals surface area contributed by atoms with E-state index in [0.29, 0.717) is 12.5 Å². The normalized spacial score (nSPS) is 17.5. The molecular weight excluding hydrogens is 408 g/mol. The van der Waals surface area contributed by atoms with Gasteiger partial charge >= 0.3 is 0 Å². The second kappa shape index (κ2) is 9.95. The quantitative estimate of drug-likeness (QED) is 0.437. The Morgan fingerprint density at radius 3 is 2.65 bits per heavy atom. The molecule has 2 rings (SSSR count). The fourth-order valence-electron chi connectivity index (χ4n) is 2.50. The van der Waals surface area contributed by atoms with Crippen LogP contribution in [0.1, 0.15) is 33.1 Å². The minimum atomic E-state index is -0.345. The van der Waals surface area contributed by atoms with Gasteiger partial charge in [-0.25, -0.2) is 9.38 Å². The van der Waals surface area contributed by atoms with E-state index in [1.807, 2.05) is 6.92 Å². The van der Waals surface area contributed by atoms with Crippen molar-refractivity contribution in [3.05, 3.63) is 30.1 Å². The van der Waals surface area contributed by atoms with Gasteiger partial charge in [0.2, 0.25) is 0 Å². The smallest absolute Gasteiger partial charge is 0.191 e. The molecule has 1 unspecified atom stereocenters. The van der Waals surface area contributed by atoms with E-state index >= 15 is 0 Å². The summed E-state index contributed by atoms with van der Waals surface area (Å²) in [4.78, 5) is 6.56. The molecule has 0 spiro atoms. The molecule has 1 saturated heterocycles. The van der Waals surface area contributed by atoms with Gasteiger partial charge in [-0.05, 0) is 37.3 Å². The highest BCUT2D eigenvalue weighted by Gasteiger charge is 2.17. The second-order valence-corrected chi connectivity index (χ2v) is 5.95. The van der Waals surface area contributed by atoms with Crippen molar-refractivity contribution in [2.45, 2.75) is 39.2 Å². The minimum Gasteiger partial charge on any atom is -0.485 e. The van der Waals surface area contributed by atoms with Gasteiger partial charge in [-0.3, -0.25) is 0 Å². The van der Waals surface area contributed by atoms with Crippen LogP contribution in [-0.4, -0.2) is 36.6 Å². The van der Waals surface area contributed by atoms with Gasteiger partial charge in [0.15, 0.2) is 17.5 Å². The third-order valence-corrected chi connectivity index (χ3v) is 4.15. The monoisotopic (exact) mass is 435 g/mol. The van der Waals surface area contributed by atoms with Crippen LogP contribution in [0, 0.1) is 11.7 Å². The van der Waals surface area contributed by atoms with E-state index in [1.54, 1.807) is 18.2 Å². The Morgan fingerprint density at radius 1 is 1.39 bits per heavy atom. The van der Waals surface area contributed by atoms with Crippen molar-refractivity contribution in [2.24, 2.45) is 16.6 Å². The first-order valence-corrected chi connectivity index (χ1v) is 8.06. The maximum atomic E-state index is 13.6. The van der Waals surface area contributed by atoms with E-state index in [0.717, 1.165) is 38.3 Å². The Hall–Kier alpha value is -1.05. The molecule has 1 atom stereocenters. The van der Waals surface area contributed by atoms with E-state index in [2.05, 4.69) is 16.8 Å². The third-order valence-electron chi connectivity index (χ3n) is 4.15. The zero-order chi connectivity index (χ0) is 15.9. The Kier molecular flexibility index (Phi) is 8.65. The molecule has 2 N–H and O–H groups in total. The maximum absolute atomic E-state index is 13.6. The second-order valence-electron chi connectivity index (χ2n) is 5.95. The topological polar surface area (TPSA) is 50.8 Å². The van der Waals surface area contributed by atoms with Gasteiger partial charge in [0, 0.05) is 13.1 Å². The van der Waals surface area contributed by atoms with Crippen LogP contribution in [0.25, 0.3) is 0 Å². The van der Waals surface area contributed by atoms with E-state index in [4.69, 9.17) is 10.5 Å². The molecule has 1 heterocycles. The Labute approximate surface area is 155 Å². The SMILES string of the molecule is CCC(CN=C(N)N1CCC(C)CC1)Oc1ccccc1F.I. The fraction of sp³-hybridized carbons (Fsp3) is 0.588. The van der Waals surface area contributed by atoms with Gasteiger partial charge in [-0.15, -0.1) is 24.0 Å². The van der Waals surface area contributed by atoms with Crippen LogP contribution in [0.15, 0.2) is 29.3 Å². The van der Waals surface area contributed by atoms with Gasteiger partial charge in [0.05, 0.1) is 6.54 Å². The molecule has 130 valence electrons. The lowest BCUT2D eigenvalue weighted by Crippen LogP contribution is -2.43. The Bertz CT molecular complexity index is 504. The van der Waals surface area contributed by atoms with E-state index < -0.39 is 0 Å². The summed E-state index contributed by atoms with van der Waals surface area (Å²) in [7, 11) is 0. The average molecular weight is 435 g/mol. The average Bonchev–Trinajstić information content (AvgIpc) is 2.53. The molecule has 1 aliphatic rings. The highest BCUT2D eigenvalue weighted by atomic mass is 127. The molecule has 4 nitrogen and oxygen atoms in total. The number of hydrogen-bond donors (Lipinski definition) is 1. The third kappa shape index (κ3) is 6.16. The van der Waals surface area contributed by atoms with Crippen LogP contribution < -0.4 is 10.5 Å². The first-order valence-electron chi connectivity index (χ1n) is 8.06. The molecule has 23 heavy (non-hydrogen) atoms.